The molecule has 1 rings (SSSR count). The van der Waals surface area contributed by atoms with E-state index in [1.165, 1.54) is 0 Å². The Morgan fingerprint density at radius 2 is 1.69 bits per heavy atom. The van der Waals surface area contributed by atoms with Crippen LogP contribution in [0.4, 0.5) is 0 Å². The quantitative estimate of drug-likeness (QED) is 0.577. The maximum atomic E-state index is 12.6. The van der Waals surface area contributed by atoms with Gasteiger partial charge in [-0.3, -0.25) is 4.79 Å². The summed E-state index contributed by atoms with van der Waals surface area (Å²) < 4.78 is 27.8. The molecule has 4 N–H and O–H groups in total. The molecule has 0 saturated heterocycles. The Labute approximate surface area is 158 Å². The number of hydrogen-bond acceptors (Lipinski definition) is 4. The van der Waals surface area contributed by atoms with Gasteiger partial charge in [-0.25, -0.2) is 8.42 Å². The molecule has 7 heteroatoms. The Morgan fingerprint density at radius 3 is 2.15 bits per heavy atom. The minimum Gasteiger partial charge on any atom is -0.353 e. The van der Waals surface area contributed by atoms with Crippen molar-refractivity contribution in [3.63, 3.8) is 0 Å². The van der Waals surface area contributed by atoms with E-state index in [0.717, 1.165) is 18.4 Å². The van der Waals surface area contributed by atoms with Crippen LogP contribution in [0, 0.1) is 12.8 Å². The fourth-order valence-electron chi connectivity index (χ4n) is 2.54. The van der Waals surface area contributed by atoms with E-state index in [0.29, 0.717) is 13.0 Å². The number of nitrogens with one attached hydrogen (secondary N) is 2. The van der Waals surface area contributed by atoms with Crippen molar-refractivity contribution in [1.82, 2.24) is 10.0 Å². The molecule has 0 aromatic heterocycles. The van der Waals surface area contributed by atoms with Crippen LogP contribution in [0.25, 0.3) is 0 Å². The van der Waals surface area contributed by atoms with Gasteiger partial charge in [0.1, 0.15) is 6.04 Å². The van der Waals surface area contributed by atoms with Crippen molar-refractivity contribution in [2.24, 2.45) is 11.7 Å². The standard InChI is InChI=1S/C19H33N3O3S/c1-6-19(20,7-2)13-21-18(23)17(12-14(3)4)22-26(24,25)16-10-8-15(5)9-11-16/h8-11,14,17,22H,6-7,12-13,20H2,1-5H3,(H,21,23). The maximum Gasteiger partial charge on any atom is 0.241 e. The summed E-state index contributed by atoms with van der Waals surface area (Å²) in [4.78, 5) is 12.8. The van der Waals surface area contributed by atoms with E-state index in [4.69, 9.17) is 5.73 Å². The first kappa shape index (κ1) is 22.6. The molecule has 0 spiro atoms. The van der Waals surface area contributed by atoms with Crippen LogP contribution in [0.5, 0.6) is 0 Å². The highest BCUT2D eigenvalue weighted by molar-refractivity contribution is 7.89. The highest BCUT2D eigenvalue weighted by Gasteiger charge is 2.28. The van der Waals surface area contributed by atoms with E-state index >= 15 is 0 Å². The number of aryl methyl sites for hydroxylation is 1. The number of hydrogen-bond donors (Lipinski definition) is 3. The zero-order chi connectivity index (χ0) is 20.0. The molecule has 0 heterocycles. The number of amides is 1. The predicted octanol–water partition coefficient (Wildman–Crippen LogP) is 2.32. The molecule has 0 aliphatic heterocycles. The van der Waals surface area contributed by atoms with E-state index in [9.17, 15) is 13.2 Å². The van der Waals surface area contributed by atoms with E-state index < -0.39 is 21.6 Å². The minimum absolute atomic E-state index is 0.153. The van der Waals surface area contributed by atoms with Crippen molar-refractivity contribution in [1.29, 1.82) is 0 Å². The van der Waals surface area contributed by atoms with Crippen LogP contribution in [0.2, 0.25) is 0 Å². The minimum atomic E-state index is -3.77. The first-order valence-electron chi connectivity index (χ1n) is 9.18. The lowest BCUT2D eigenvalue weighted by Gasteiger charge is -2.28. The van der Waals surface area contributed by atoms with Gasteiger partial charge < -0.3 is 11.1 Å². The number of benzene rings is 1. The molecule has 6 nitrogen and oxygen atoms in total. The molecule has 0 radical (unpaired) electrons. The fraction of sp³-hybridized carbons (Fsp3) is 0.632. The number of carbonyl (C=O) groups is 1. The van der Waals surface area contributed by atoms with Gasteiger partial charge in [0.05, 0.1) is 4.90 Å². The molecule has 148 valence electrons. The zero-order valence-electron chi connectivity index (χ0n) is 16.5. The average Bonchev–Trinajstić information content (AvgIpc) is 2.58. The van der Waals surface area contributed by atoms with Gasteiger partial charge in [0.15, 0.2) is 0 Å². The van der Waals surface area contributed by atoms with Gasteiger partial charge in [-0.15, -0.1) is 0 Å². The monoisotopic (exact) mass is 383 g/mol. The van der Waals surface area contributed by atoms with Crippen molar-refractivity contribution >= 4 is 15.9 Å². The lowest BCUT2D eigenvalue weighted by Crippen LogP contribution is -2.54. The van der Waals surface area contributed by atoms with E-state index in [1.54, 1.807) is 24.3 Å². The molecule has 0 fully saturated rings. The van der Waals surface area contributed by atoms with Crippen LogP contribution in [0.1, 0.15) is 52.5 Å². The van der Waals surface area contributed by atoms with E-state index in [2.05, 4.69) is 10.0 Å². The fourth-order valence-corrected chi connectivity index (χ4v) is 3.75. The lowest BCUT2D eigenvalue weighted by atomic mass is 9.94. The normalized spacial score (nSPS) is 13.7. The smallest absolute Gasteiger partial charge is 0.241 e. The van der Waals surface area contributed by atoms with Gasteiger partial charge in [-0.2, -0.15) is 4.72 Å². The third-order valence-corrected chi connectivity index (χ3v) is 6.16. The molecular weight excluding hydrogens is 350 g/mol. The topological polar surface area (TPSA) is 101 Å². The molecule has 1 amide bonds. The summed E-state index contributed by atoms with van der Waals surface area (Å²) in [5.74, 6) is -0.183. The van der Waals surface area contributed by atoms with Gasteiger partial charge in [0.25, 0.3) is 0 Å². The second-order valence-electron chi connectivity index (χ2n) is 7.40. The van der Waals surface area contributed by atoms with Gasteiger partial charge in [-0.1, -0.05) is 45.4 Å². The Hall–Kier alpha value is -1.44. The van der Waals surface area contributed by atoms with Gasteiger partial charge >= 0.3 is 0 Å². The molecule has 1 aromatic carbocycles. The van der Waals surface area contributed by atoms with Gasteiger partial charge in [0, 0.05) is 12.1 Å². The Bertz CT molecular complexity index is 680. The number of sulfonamides is 1. The Morgan fingerprint density at radius 1 is 1.15 bits per heavy atom. The summed E-state index contributed by atoms with van der Waals surface area (Å²) in [7, 11) is -3.77. The van der Waals surface area contributed by atoms with Crippen LogP contribution in [-0.4, -0.2) is 32.5 Å². The summed E-state index contributed by atoms with van der Waals surface area (Å²) in [6, 6.07) is 5.72. The van der Waals surface area contributed by atoms with Gasteiger partial charge in [-0.05, 0) is 44.2 Å². The summed E-state index contributed by atoms with van der Waals surface area (Å²) in [6.07, 6.45) is 1.87. The SMILES string of the molecule is CCC(N)(CC)CNC(=O)C(CC(C)C)NS(=O)(=O)c1ccc(C)cc1. The van der Waals surface area contributed by atoms with Crippen LogP contribution in [0.3, 0.4) is 0 Å². The third-order valence-electron chi connectivity index (χ3n) is 4.68. The molecule has 1 unspecified atom stereocenters. The summed E-state index contributed by atoms with van der Waals surface area (Å²) in [5.41, 5.74) is 6.72. The second-order valence-corrected chi connectivity index (χ2v) is 9.12. The first-order valence-corrected chi connectivity index (χ1v) is 10.7. The molecule has 0 aliphatic rings. The summed E-state index contributed by atoms with van der Waals surface area (Å²) in [6.45, 7) is 10.1. The Balaban J connectivity index is 2.92. The lowest BCUT2D eigenvalue weighted by molar-refractivity contribution is -0.123. The summed E-state index contributed by atoms with van der Waals surface area (Å²) in [5, 5.41) is 2.82. The largest absolute Gasteiger partial charge is 0.353 e. The van der Waals surface area contributed by atoms with Crippen LogP contribution >= 0.6 is 0 Å². The maximum absolute atomic E-state index is 12.6. The molecule has 0 bridgehead atoms. The second kappa shape index (κ2) is 9.48. The highest BCUT2D eigenvalue weighted by Crippen LogP contribution is 2.14. The van der Waals surface area contributed by atoms with Crippen LogP contribution < -0.4 is 15.8 Å². The van der Waals surface area contributed by atoms with Crippen molar-refractivity contribution in [2.75, 3.05) is 6.54 Å². The van der Waals surface area contributed by atoms with Gasteiger partial charge in [0.2, 0.25) is 15.9 Å². The molecular formula is C19H33N3O3S. The predicted molar refractivity (Wildman–Crippen MR) is 105 cm³/mol. The van der Waals surface area contributed by atoms with E-state index in [-0.39, 0.29) is 16.7 Å². The molecule has 26 heavy (non-hydrogen) atoms. The number of rotatable bonds is 10. The molecule has 0 aliphatic carbocycles. The zero-order valence-corrected chi connectivity index (χ0v) is 17.3. The first-order chi connectivity index (χ1) is 12.0. The van der Waals surface area contributed by atoms with Crippen LogP contribution in [-0.2, 0) is 14.8 Å². The van der Waals surface area contributed by atoms with Crippen molar-refractivity contribution < 1.29 is 13.2 Å². The molecule has 1 atom stereocenters. The summed E-state index contributed by atoms with van der Waals surface area (Å²) >= 11 is 0. The molecule has 0 saturated carbocycles. The third kappa shape index (κ3) is 6.70. The average molecular weight is 384 g/mol. The van der Waals surface area contributed by atoms with Crippen molar-refractivity contribution in [2.45, 2.75) is 70.4 Å². The number of nitrogens with two attached hydrogens (primary N) is 1. The van der Waals surface area contributed by atoms with E-state index in [1.807, 2.05) is 34.6 Å². The van der Waals surface area contributed by atoms with Crippen LogP contribution in [0.15, 0.2) is 29.2 Å². The van der Waals surface area contributed by atoms with Crippen molar-refractivity contribution in [3.05, 3.63) is 29.8 Å². The number of carbonyl (C=O) groups excluding carboxylic acids is 1. The molecule has 1 aromatic rings. The Kier molecular flexibility index (Phi) is 8.24. The highest BCUT2D eigenvalue weighted by atomic mass is 32.2. The van der Waals surface area contributed by atoms with Crippen molar-refractivity contribution in [3.8, 4) is 0 Å².